The van der Waals surface area contributed by atoms with Crippen molar-refractivity contribution >= 4 is 11.7 Å². The Morgan fingerprint density at radius 2 is 1.58 bits per heavy atom. The van der Waals surface area contributed by atoms with Gasteiger partial charge in [-0.15, -0.1) is 0 Å². The molecule has 1 aromatic rings. The molecule has 2 rings (SSSR count). The van der Waals surface area contributed by atoms with Crippen LogP contribution in [-0.4, -0.2) is 42.1 Å². The summed E-state index contributed by atoms with van der Waals surface area (Å²) >= 11 is 0. The van der Waals surface area contributed by atoms with Crippen LogP contribution in [0, 0.1) is 0 Å². The van der Waals surface area contributed by atoms with Crippen molar-refractivity contribution in [3.8, 4) is 0 Å². The molecular formula is C14H18N4O. The molecule has 2 amide bonds. The van der Waals surface area contributed by atoms with Gasteiger partial charge in [-0.25, -0.2) is 9.80 Å². The van der Waals surface area contributed by atoms with E-state index in [0.29, 0.717) is 0 Å². The highest BCUT2D eigenvalue weighted by Gasteiger charge is 2.19. The van der Waals surface area contributed by atoms with Crippen molar-refractivity contribution in [1.82, 2.24) is 14.9 Å². The Labute approximate surface area is 113 Å². The number of carbonyl (C=O) groups excluding carboxylic acids is 1. The molecule has 0 aromatic heterocycles. The number of hydrogen-bond donors (Lipinski definition) is 0. The number of nitrogens with zero attached hydrogens (tertiary/aromatic N) is 4. The summed E-state index contributed by atoms with van der Waals surface area (Å²) in [5, 5.41) is 3.29. The Bertz CT molecular complexity index is 483. The summed E-state index contributed by atoms with van der Waals surface area (Å²) in [5.74, 6) is 0. The molecule has 19 heavy (non-hydrogen) atoms. The van der Waals surface area contributed by atoms with Gasteiger partial charge in [-0.05, 0) is 12.1 Å². The van der Waals surface area contributed by atoms with Crippen LogP contribution in [0.15, 0.2) is 55.1 Å². The molecule has 0 N–H and O–H groups in total. The summed E-state index contributed by atoms with van der Waals surface area (Å²) in [7, 11) is 5.43. The molecule has 1 aromatic carbocycles. The topological polar surface area (TPSA) is 30.0 Å². The Morgan fingerprint density at radius 1 is 1.00 bits per heavy atom. The van der Waals surface area contributed by atoms with E-state index < -0.39 is 0 Å². The lowest BCUT2D eigenvalue weighted by molar-refractivity contribution is 0.126. The van der Waals surface area contributed by atoms with Gasteiger partial charge in [0, 0.05) is 51.6 Å². The maximum Gasteiger partial charge on any atom is 0.343 e. The van der Waals surface area contributed by atoms with Crippen molar-refractivity contribution in [3.63, 3.8) is 0 Å². The van der Waals surface area contributed by atoms with Crippen molar-refractivity contribution < 1.29 is 4.79 Å². The van der Waals surface area contributed by atoms with Gasteiger partial charge in [-0.3, -0.25) is 9.91 Å². The average Bonchev–Trinajstić information content (AvgIpc) is 2.46. The average molecular weight is 258 g/mol. The molecule has 0 spiro atoms. The number of rotatable bonds is 2. The first-order valence-corrected chi connectivity index (χ1v) is 6.03. The number of hydrogen-bond acceptors (Lipinski definition) is 3. The first-order valence-electron chi connectivity index (χ1n) is 6.03. The predicted molar refractivity (Wildman–Crippen MR) is 75.9 cm³/mol. The Kier molecular flexibility index (Phi) is 3.75. The first kappa shape index (κ1) is 13.0. The van der Waals surface area contributed by atoms with Gasteiger partial charge in [0.2, 0.25) is 0 Å². The van der Waals surface area contributed by atoms with Crippen molar-refractivity contribution in [2.24, 2.45) is 0 Å². The van der Waals surface area contributed by atoms with Crippen LogP contribution in [0.3, 0.4) is 0 Å². The second kappa shape index (κ2) is 5.48. The van der Waals surface area contributed by atoms with Crippen molar-refractivity contribution in [2.75, 3.05) is 26.0 Å². The Balaban J connectivity index is 2.07. The fraction of sp³-hybridized carbons (Fsp3) is 0.214. The third-order valence-corrected chi connectivity index (χ3v) is 2.96. The summed E-state index contributed by atoms with van der Waals surface area (Å²) in [6, 6.07) is 9.45. The smallest absolute Gasteiger partial charge is 0.343 e. The number of hydrazine groups is 1. The van der Waals surface area contributed by atoms with Crippen LogP contribution in [0.5, 0.6) is 0 Å². The van der Waals surface area contributed by atoms with E-state index in [1.54, 1.807) is 29.0 Å². The minimum absolute atomic E-state index is 0.106. The van der Waals surface area contributed by atoms with Crippen LogP contribution in [0.25, 0.3) is 0 Å². The van der Waals surface area contributed by atoms with Crippen LogP contribution in [0.2, 0.25) is 0 Å². The highest BCUT2D eigenvalue weighted by Crippen LogP contribution is 2.14. The van der Waals surface area contributed by atoms with E-state index in [-0.39, 0.29) is 6.03 Å². The molecule has 0 radical (unpaired) electrons. The van der Waals surface area contributed by atoms with E-state index in [1.165, 1.54) is 0 Å². The standard InChI is InChI=1S/C14H18N4O/c1-15-9-11-18(12-10-15)17(3)14(19)16(2)13-7-5-4-6-8-13/h4-12H,1-3H3. The molecule has 0 unspecified atom stereocenters. The lowest BCUT2D eigenvalue weighted by atomic mass is 10.3. The minimum Gasteiger partial charge on any atom is -0.354 e. The molecule has 0 saturated carbocycles. The van der Waals surface area contributed by atoms with E-state index in [9.17, 15) is 4.79 Å². The summed E-state index contributed by atoms with van der Waals surface area (Å²) in [4.78, 5) is 15.9. The molecule has 0 atom stereocenters. The third-order valence-electron chi connectivity index (χ3n) is 2.96. The lowest BCUT2D eigenvalue weighted by Gasteiger charge is -2.33. The van der Waals surface area contributed by atoms with E-state index in [0.717, 1.165) is 5.69 Å². The molecule has 0 bridgehead atoms. The zero-order chi connectivity index (χ0) is 13.8. The zero-order valence-electron chi connectivity index (χ0n) is 11.4. The monoisotopic (exact) mass is 258 g/mol. The maximum atomic E-state index is 12.4. The van der Waals surface area contributed by atoms with Gasteiger partial charge >= 0.3 is 6.03 Å². The molecule has 1 aliphatic rings. The fourth-order valence-corrected chi connectivity index (χ4v) is 1.72. The quantitative estimate of drug-likeness (QED) is 0.815. The summed E-state index contributed by atoms with van der Waals surface area (Å²) in [6.07, 6.45) is 7.42. The Morgan fingerprint density at radius 3 is 2.16 bits per heavy atom. The molecule has 0 fully saturated rings. The molecule has 0 saturated heterocycles. The van der Waals surface area contributed by atoms with Crippen molar-refractivity contribution in [3.05, 3.63) is 55.1 Å². The minimum atomic E-state index is -0.106. The molecule has 1 aliphatic heterocycles. The number of anilines is 1. The largest absolute Gasteiger partial charge is 0.354 e. The third kappa shape index (κ3) is 2.88. The number of carbonyl (C=O) groups is 1. The second-order valence-electron chi connectivity index (χ2n) is 4.34. The van der Waals surface area contributed by atoms with E-state index >= 15 is 0 Å². The molecule has 100 valence electrons. The van der Waals surface area contributed by atoms with Gasteiger partial charge in [0.05, 0.1) is 0 Å². The lowest BCUT2D eigenvalue weighted by Crippen LogP contribution is -2.45. The van der Waals surface area contributed by atoms with Gasteiger partial charge in [-0.1, -0.05) is 18.2 Å². The molecule has 1 heterocycles. The highest BCUT2D eigenvalue weighted by molar-refractivity contribution is 5.91. The van der Waals surface area contributed by atoms with Crippen LogP contribution < -0.4 is 4.90 Å². The van der Waals surface area contributed by atoms with Gasteiger partial charge in [0.15, 0.2) is 0 Å². The summed E-state index contributed by atoms with van der Waals surface area (Å²) in [5.41, 5.74) is 0.862. The molecular weight excluding hydrogens is 240 g/mol. The number of urea groups is 1. The fourth-order valence-electron chi connectivity index (χ4n) is 1.72. The number of amides is 2. The number of benzene rings is 1. The van der Waals surface area contributed by atoms with Crippen molar-refractivity contribution in [2.45, 2.75) is 0 Å². The first-order chi connectivity index (χ1) is 9.09. The maximum absolute atomic E-state index is 12.4. The normalized spacial score (nSPS) is 13.6. The predicted octanol–water partition coefficient (Wildman–Crippen LogP) is 2.28. The summed E-state index contributed by atoms with van der Waals surface area (Å²) in [6.45, 7) is 0. The van der Waals surface area contributed by atoms with Crippen LogP contribution in [-0.2, 0) is 0 Å². The molecule has 5 nitrogen and oxygen atoms in total. The van der Waals surface area contributed by atoms with Crippen molar-refractivity contribution in [1.29, 1.82) is 0 Å². The van der Waals surface area contributed by atoms with E-state index in [1.807, 2.05) is 67.1 Å². The Hall–Kier alpha value is -2.43. The molecule has 0 aliphatic carbocycles. The van der Waals surface area contributed by atoms with E-state index in [4.69, 9.17) is 0 Å². The second-order valence-corrected chi connectivity index (χ2v) is 4.34. The van der Waals surface area contributed by atoms with Crippen LogP contribution >= 0.6 is 0 Å². The van der Waals surface area contributed by atoms with Gasteiger partial charge in [-0.2, -0.15) is 0 Å². The zero-order valence-corrected chi connectivity index (χ0v) is 11.4. The number of para-hydroxylation sites is 1. The van der Waals surface area contributed by atoms with Gasteiger partial charge in [0.1, 0.15) is 0 Å². The van der Waals surface area contributed by atoms with Gasteiger partial charge in [0.25, 0.3) is 0 Å². The summed E-state index contributed by atoms with van der Waals surface area (Å²) < 4.78 is 0. The van der Waals surface area contributed by atoms with Crippen LogP contribution in [0.4, 0.5) is 10.5 Å². The van der Waals surface area contributed by atoms with Gasteiger partial charge < -0.3 is 4.90 Å². The van der Waals surface area contributed by atoms with Crippen LogP contribution in [0.1, 0.15) is 0 Å². The SMILES string of the molecule is CN1C=CN(N(C)C(=O)N(C)c2ccccc2)C=C1. The highest BCUT2D eigenvalue weighted by atomic mass is 16.2. The molecule has 5 heteroatoms. The van der Waals surface area contributed by atoms with E-state index in [2.05, 4.69) is 0 Å².